The second-order valence-corrected chi connectivity index (χ2v) is 9.37. The van der Waals surface area contributed by atoms with Crippen LogP contribution >= 0.6 is 0 Å². The SMILES string of the molecule is O=c1oc2ccccc2n1CN1CCN(S(=O)(=O)c2ccc3ccccc3c2)CC1. The third-order valence-electron chi connectivity index (χ3n) is 5.61. The lowest BCUT2D eigenvalue weighted by Gasteiger charge is -2.33. The monoisotopic (exact) mass is 423 g/mol. The van der Waals surface area contributed by atoms with Gasteiger partial charge >= 0.3 is 5.76 Å². The fraction of sp³-hybridized carbons (Fsp3) is 0.227. The summed E-state index contributed by atoms with van der Waals surface area (Å²) in [7, 11) is -3.56. The molecule has 0 unspecified atom stereocenters. The molecule has 0 spiro atoms. The molecule has 0 atom stereocenters. The minimum atomic E-state index is -3.56. The molecular formula is C22H21N3O4S. The van der Waals surface area contributed by atoms with Crippen molar-refractivity contribution >= 4 is 31.9 Å². The third-order valence-corrected chi connectivity index (χ3v) is 7.50. The molecule has 0 amide bonds. The molecule has 0 aliphatic carbocycles. The van der Waals surface area contributed by atoms with Crippen molar-refractivity contribution in [3.05, 3.63) is 77.3 Å². The molecule has 8 heteroatoms. The Morgan fingerprint density at radius 1 is 0.833 bits per heavy atom. The van der Waals surface area contributed by atoms with Crippen LogP contribution in [0.25, 0.3) is 21.9 Å². The van der Waals surface area contributed by atoms with Crippen molar-refractivity contribution in [3.8, 4) is 0 Å². The molecule has 1 aliphatic rings. The highest BCUT2D eigenvalue weighted by Gasteiger charge is 2.29. The summed E-state index contributed by atoms with van der Waals surface area (Å²) in [4.78, 5) is 14.6. The number of sulfonamides is 1. The summed E-state index contributed by atoms with van der Waals surface area (Å²) < 4.78 is 34.6. The van der Waals surface area contributed by atoms with Gasteiger partial charge in [0.2, 0.25) is 10.0 Å². The summed E-state index contributed by atoms with van der Waals surface area (Å²) in [5, 5.41) is 1.92. The molecule has 2 heterocycles. The summed E-state index contributed by atoms with van der Waals surface area (Å²) >= 11 is 0. The van der Waals surface area contributed by atoms with E-state index in [9.17, 15) is 13.2 Å². The van der Waals surface area contributed by atoms with E-state index < -0.39 is 15.8 Å². The smallest absolute Gasteiger partial charge is 0.408 e. The maximum absolute atomic E-state index is 13.1. The molecule has 3 aromatic carbocycles. The summed E-state index contributed by atoms with van der Waals surface area (Å²) in [6.45, 7) is 2.20. The minimum absolute atomic E-state index is 0.312. The second-order valence-electron chi connectivity index (χ2n) is 7.44. The lowest BCUT2D eigenvalue weighted by Crippen LogP contribution is -2.49. The Morgan fingerprint density at radius 3 is 2.33 bits per heavy atom. The predicted molar refractivity (Wildman–Crippen MR) is 115 cm³/mol. The van der Waals surface area contributed by atoms with Crippen LogP contribution in [0.4, 0.5) is 0 Å². The molecule has 1 fully saturated rings. The Labute approximate surface area is 173 Å². The van der Waals surface area contributed by atoms with Gasteiger partial charge in [0.1, 0.15) is 0 Å². The van der Waals surface area contributed by atoms with E-state index in [4.69, 9.17) is 4.42 Å². The van der Waals surface area contributed by atoms with Gasteiger partial charge in [0.25, 0.3) is 0 Å². The van der Waals surface area contributed by atoms with Crippen molar-refractivity contribution in [2.75, 3.05) is 26.2 Å². The summed E-state index contributed by atoms with van der Waals surface area (Å²) in [5.41, 5.74) is 1.30. The molecule has 1 aliphatic heterocycles. The first-order valence-corrected chi connectivity index (χ1v) is 11.3. The molecule has 0 saturated carbocycles. The summed E-state index contributed by atoms with van der Waals surface area (Å²) in [6.07, 6.45) is 0. The molecule has 1 aromatic heterocycles. The van der Waals surface area contributed by atoms with Gasteiger partial charge in [0.05, 0.1) is 17.1 Å². The topological polar surface area (TPSA) is 75.8 Å². The standard InChI is InChI=1S/C22H21N3O4S/c26-22-25(20-7-3-4-8-21(20)29-22)16-23-11-13-24(14-12-23)30(27,28)19-10-9-17-5-1-2-6-18(17)15-19/h1-10,15H,11-14,16H2. The number of aromatic nitrogens is 1. The number of rotatable bonds is 4. The molecule has 154 valence electrons. The number of hydrogen-bond donors (Lipinski definition) is 0. The quantitative estimate of drug-likeness (QED) is 0.505. The van der Waals surface area contributed by atoms with Gasteiger partial charge in [-0.25, -0.2) is 13.2 Å². The van der Waals surface area contributed by atoms with Gasteiger partial charge in [0, 0.05) is 26.2 Å². The number of benzene rings is 3. The number of fused-ring (bicyclic) bond motifs is 2. The number of nitrogens with zero attached hydrogens (tertiary/aromatic N) is 3. The molecule has 0 N–H and O–H groups in total. The van der Waals surface area contributed by atoms with Crippen molar-refractivity contribution in [1.29, 1.82) is 0 Å². The maximum atomic E-state index is 13.1. The molecule has 5 rings (SSSR count). The van der Waals surface area contributed by atoms with E-state index >= 15 is 0 Å². The van der Waals surface area contributed by atoms with Crippen molar-refractivity contribution in [2.45, 2.75) is 11.6 Å². The van der Waals surface area contributed by atoms with E-state index in [1.54, 1.807) is 22.8 Å². The van der Waals surface area contributed by atoms with E-state index in [0.717, 1.165) is 16.3 Å². The first-order chi connectivity index (χ1) is 14.5. The van der Waals surface area contributed by atoms with E-state index in [1.165, 1.54) is 4.31 Å². The van der Waals surface area contributed by atoms with Crippen LogP contribution in [0.3, 0.4) is 0 Å². The average molecular weight is 423 g/mol. The third kappa shape index (κ3) is 3.32. The Hall–Kier alpha value is -2.94. The molecule has 0 radical (unpaired) electrons. The summed E-state index contributed by atoms with van der Waals surface area (Å²) in [5.74, 6) is -0.401. The van der Waals surface area contributed by atoms with Crippen LogP contribution < -0.4 is 5.76 Å². The van der Waals surface area contributed by atoms with Crippen LogP contribution in [0, 0.1) is 0 Å². The fourth-order valence-corrected chi connectivity index (χ4v) is 5.39. The van der Waals surface area contributed by atoms with Gasteiger partial charge < -0.3 is 4.42 Å². The molecule has 0 bridgehead atoms. The average Bonchev–Trinajstić information content (AvgIpc) is 3.09. The normalized spacial score (nSPS) is 16.4. The van der Waals surface area contributed by atoms with Gasteiger partial charge in [-0.3, -0.25) is 9.47 Å². The van der Waals surface area contributed by atoms with Gasteiger partial charge in [-0.05, 0) is 35.0 Å². The van der Waals surface area contributed by atoms with Crippen LogP contribution in [0.1, 0.15) is 0 Å². The van der Waals surface area contributed by atoms with E-state index in [-0.39, 0.29) is 0 Å². The molecule has 30 heavy (non-hydrogen) atoms. The van der Waals surface area contributed by atoms with E-state index in [2.05, 4.69) is 4.90 Å². The number of hydrogen-bond acceptors (Lipinski definition) is 5. The molecule has 4 aromatic rings. The van der Waals surface area contributed by atoms with Gasteiger partial charge in [-0.15, -0.1) is 0 Å². The van der Waals surface area contributed by atoms with Crippen molar-refractivity contribution in [1.82, 2.24) is 13.8 Å². The minimum Gasteiger partial charge on any atom is -0.408 e. The van der Waals surface area contributed by atoms with Crippen LogP contribution in [0.15, 0.2) is 80.8 Å². The Morgan fingerprint density at radius 2 is 1.53 bits per heavy atom. The highest BCUT2D eigenvalue weighted by molar-refractivity contribution is 7.89. The van der Waals surface area contributed by atoms with Crippen LogP contribution in [0.5, 0.6) is 0 Å². The van der Waals surface area contributed by atoms with Crippen LogP contribution in [0.2, 0.25) is 0 Å². The first kappa shape index (κ1) is 19.0. The van der Waals surface area contributed by atoms with Gasteiger partial charge in [0.15, 0.2) is 5.58 Å². The second kappa shape index (κ2) is 7.39. The number of oxazole rings is 1. The highest BCUT2D eigenvalue weighted by atomic mass is 32.2. The van der Waals surface area contributed by atoms with Crippen molar-refractivity contribution in [3.63, 3.8) is 0 Å². The van der Waals surface area contributed by atoms with Gasteiger partial charge in [-0.1, -0.05) is 42.5 Å². The lowest BCUT2D eigenvalue weighted by atomic mass is 10.1. The summed E-state index contributed by atoms with van der Waals surface area (Å²) in [6, 6.07) is 20.3. The van der Waals surface area contributed by atoms with E-state index in [1.807, 2.05) is 48.5 Å². The highest BCUT2D eigenvalue weighted by Crippen LogP contribution is 2.23. The number of para-hydroxylation sites is 2. The lowest BCUT2D eigenvalue weighted by molar-refractivity contribution is 0.150. The zero-order valence-corrected chi connectivity index (χ0v) is 17.1. The first-order valence-electron chi connectivity index (χ1n) is 9.82. The van der Waals surface area contributed by atoms with E-state index in [0.29, 0.717) is 43.3 Å². The maximum Gasteiger partial charge on any atom is 0.421 e. The fourth-order valence-electron chi connectivity index (χ4n) is 3.94. The Bertz CT molecular complexity index is 1380. The predicted octanol–water partition coefficient (Wildman–Crippen LogP) is 2.71. The van der Waals surface area contributed by atoms with Gasteiger partial charge in [-0.2, -0.15) is 4.31 Å². The van der Waals surface area contributed by atoms with Crippen molar-refractivity contribution in [2.24, 2.45) is 0 Å². The zero-order chi connectivity index (χ0) is 20.7. The molecule has 1 saturated heterocycles. The zero-order valence-electron chi connectivity index (χ0n) is 16.3. The Balaban J connectivity index is 1.32. The van der Waals surface area contributed by atoms with Crippen LogP contribution in [-0.2, 0) is 16.7 Å². The molecular weight excluding hydrogens is 402 g/mol. The van der Waals surface area contributed by atoms with Crippen LogP contribution in [-0.4, -0.2) is 48.4 Å². The Kier molecular flexibility index (Phi) is 4.69. The molecule has 7 nitrogen and oxygen atoms in total. The number of piperazine rings is 1. The van der Waals surface area contributed by atoms with Crippen molar-refractivity contribution < 1.29 is 12.8 Å². The largest absolute Gasteiger partial charge is 0.421 e.